The van der Waals surface area contributed by atoms with Crippen LogP contribution in [-0.2, 0) is 0 Å². The number of urea groups is 1. The van der Waals surface area contributed by atoms with Crippen LogP contribution in [0, 0.1) is 10.1 Å². The Labute approximate surface area is 493 Å². The number of aromatic nitrogens is 11. The Morgan fingerprint density at radius 1 is 0.667 bits per heavy atom. The van der Waals surface area contributed by atoms with Gasteiger partial charge in [-0.05, 0) is 93.6 Å². The maximum absolute atomic E-state index is 13.0. The monoisotopic (exact) mass is 1250 g/mol. The summed E-state index contributed by atoms with van der Waals surface area (Å²) in [5.41, 5.74) is 20.3. The van der Waals surface area contributed by atoms with Crippen molar-refractivity contribution in [3.63, 3.8) is 0 Å². The minimum atomic E-state index is -4.46. The summed E-state index contributed by atoms with van der Waals surface area (Å²) in [4.78, 5) is 68.8. The van der Waals surface area contributed by atoms with Crippen LogP contribution in [0.1, 0.15) is 43.3 Å². The van der Waals surface area contributed by atoms with Crippen molar-refractivity contribution in [2.75, 3.05) is 48.5 Å². The number of benzene rings is 1. The Bertz CT molecular complexity index is 3450. The number of non-ortho nitro benzene ring substituents is 1. The van der Waals surface area contributed by atoms with E-state index in [9.17, 15) is 64.0 Å². The summed E-state index contributed by atoms with van der Waals surface area (Å²) in [6.45, 7) is 3.02. The number of nitrogens with zero attached hydrogens (tertiary/aromatic N) is 14. The fraction of sp³-hybridized carbons (Fsp3) is 0.235. The minimum Gasteiger partial charge on any atom is -0.414 e. The number of nitro groups is 1. The van der Waals surface area contributed by atoms with Gasteiger partial charge in [0.25, 0.3) is 5.69 Å². The van der Waals surface area contributed by atoms with E-state index in [0.29, 0.717) is 23.1 Å². The van der Waals surface area contributed by atoms with Crippen LogP contribution in [0.2, 0.25) is 0 Å². The molecule has 0 radical (unpaired) electrons. The van der Waals surface area contributed by atoms with E-state index in [0.717, 1.165) is 42.6 Å². The van der Waals surface area contributed by atoms with Crippen LogP contribution < -0.4 is 38.3 Å². The molecule has 1 aromatic carbocycles. The lowest BCUT2D eigenvalue weighted by molar-refractivity contribution is -0.384. The fourth-order valence-corrected chi connectivity index (χ4v) is 5.81. The lowest BCUT2D eigenvalue weighted by Gasteiger charge is -2.18. The maximum atomic E-state index is 13.0. The summed E-state index contributed by atoms with van der Waals surface area (Å²) in [7, 11) is 3.68. The molecule has 0 saturated heterocycles. The number of nitrogens with one attached hydrogen (secondary N) is 2. The Kier molecular flexibility index (Phi) is 27.5. The molecule has 7 heterocycles. The fourth-order valence-electron chi connectivity index (χ4n) is 5.72. The molecule has 0 bridgehead atoms. The van der Waals surface area contributed by atoms with Crippen LogP contribution in [-0.4, -0.2) is 133 Å². The molecule has 0 aliphatic heterocycles. The third-order valence-corrected chi connectivity index (χ3v) is 10.2. The Hall–Kier alpha value is -10.5. The van der Waals surface area contributed by atoms with Gasteiger partial charge in [0.2, 0.25) is 5.78 Å². The smallest absolute Gasteiger partial charge is 0.409 e. The molecule has 10 N–H and O–H groups in total. The number of alkyl halides is 9. The van der Waals surface area contributed by atoms with Gasteiger partial charge in [0.05, 0.1) is 17.3 Å². The first-order valence-corrected chi connectivity index (χ1v) is 24.8. The topological polar surface area (TPSA) is 373 Å². The zero-order valence-corrected chi connectivity index (χ0v) is 46.9. The van der Waals surface area contributed by atoms with Gasteiger partial charge < -0.3 is 41.7 Å². The first-order chi connectivity index (χ1) is 40.8. The van der Waals surface area contributed by atoms with Crippen LogP contribution >= 0.6 is 11.6 Å². The van der Waals surface area contributed by atoms with Crippen LogP contribution in [0.25, 0.3) is 23.0 Å². The molecule has 7 aromatic heterocycles. The summed E-state index contributed by atoms with van der Waals surface area (Å²) in [6, 6.07) is 23.7. The number of amides is 2. The van der Waals surface area contributed by atoms with Crippen LogP contribution in [0.4, 0.5) is 83.9 Å². The van der Waals surface area contributed by atoms with E-state index in [-0.39, 0.29) is 58.4 Å². The highest BCUT2D eigenvalue weighted by Crippen LogP contribution is 2.34. The first kappa shape index (κ1) is 70.8. The highest BCUT2D eigenvalue weighted by Gasteiger charge is 2.40. The number of hydrogen-bond donors (Lipinski definition) is 6. The molecule has 0 spiro atoms. The van der Waals surface area contributed by atoms with Gasteiger partial charge in [-0.25, -0.2) is 34.5 Å². The SMILES string of the molecule is CC(N)C(F)(F)F.CC(n1cnnc1-c1cccc(N)n1)C(F)(F)F.CC(n1cnnc1-c1cccc(NC(=O)Nc2ccccn2)n1)C(F)(F)F.CN(C)C=NCC(=O)c1cccc(N)n1.Nc1ccccn1.O=C(Cl)Oc1ccc([N+](=O)[O-])cc1. The second-order valence-corrected chi connectivity index (χ2v) is 17.5. The first-order valence-electron chi connectivity index (χ1n) is 24.4. The number of carbonyl (C=O) groups excluding carboxylic acids is 3. The van der Waals surface area contributed by atoms with Crippen molar-refractivity contribution in [1.29, 1.82) is 0 Å². The molecule has 87 heavy (non-hydrogen) atoms. The molecule has 8 rings (SSSR count). The third-order valence-electron chi connectivity index (χ3n) is 10.1. The van der Waals surface area contributed by atoms with E-state index >= 15 is 0 Å². The van der Waals surface area contributed by atoms with E-state index in [1.54, 1.807) is 66.0 Å². The van der Waals surface area contributed by atoms with E-state index in [1.807, 2.05) is 26.2 Å². The van der Waals surface area contributed by atoms with Crippen molar-refractivity contribution in [3.05, 3.63) is 156 Å². The largest absolute Gasteiger partial charge is 0.414 e. The van der Waals surface area contributed by atoms with Gasteiger partial charge in [-0.1, -0.05) is 30.3 Å². The average Bonchev–Trinajstić information content (AvgIpc) is 4.40. The van der Waals surface area contributed by atoms with Crippen LogP contribution in [0.15, 0.2) is 145 Å². The number of halogens is 10. The summed E-state index contributed by atoms with van der Waals surface area (Å²) >= 11 is 4.92. The number of anilines is 5. The van der Waals surface area contributed by atoms with Crippen molar-refractivity contribution in [2.45, 2.75) is 57.4 Å². The summed E-state index contributed by atoms with van der Waals surface area (Å²) in [5, 5.41) is 29.6. The lowest BCUT2D eigenvalue weighted by atomic mass is 10.2. The molecule has 2 amide bonds. The lowest BCUT2D eigenvalue weighted by Crippen LogP contribution is -2.33. The van der Waals surface area contributed by atoms with Crippen molar-refractivity contribution in [3.8, 4) is 28.8 Å². The van der Waals surface area contributed by atoms with E-state index in [4.69, 9.17) is 28.8 Å². The second-order valence-electron chi connectivity index (χ2n) is 17.2. The number of Topliss-reactive ketones (excluding diaryl/α,β-unsaturated/α-hetero) is 1. The number of aliphatic imine (C=N–C) groups is 1. The maximum Gasteiger partial charge on any atom is 0.409 e. The number of hydrogen-bond acceptors (Lipinski definition) is 20. The number of ether oxygens (including phenoxy) is 1. The molecule has 36 heteroatoms. The molecule has 0 saturated carbocycles. The molecule has 3 unspecified atom stereocenters. The molecule has 464 valence electrons. The zero-order valence-electron chi connectivity index (χ0n) is 46.1. The summed E-state index contributed by atoms with van der Waals surface area (Å²) < 4.78 is 116. The molecular weight excluding hydrogens is 1200 g/mol. The Morgan fingerprint density at radius 2 is 1.14 bits per heavy atom. The highest BCUT2D eigenvalue weighted by atomic mass is 35.5. The van der Waals surface area contributed by atoms with Crippen molar-refractivity contribution in [2.24, 2.45) is 10.7 Å². The van der Waals surface area contributed by atoms with E-state index in [1.165, 1.54) is 60.8 Å². The molecule has 3 atom stereocenters. The number of ketones is 1. The predicted octanol–water partition coefficient (Wildman–Crippen LogP) is 9.88. The minimum absolute atomic E-state index is 0.0344. The predicted molar refractivity (Wildman–Crippen MR) is 303 cm³/mol. The van der Waals surface area contributed by atoms with Crippen molar-refractivity contribution in [1.82, 2.24) is 59.3 Å². The number of nitrogens with two attached hydrogens (primary N) is 4. The molecule has 0 fully saturated rings. The van der Waals surface area contributed by atoms with Crippen LogP contribution in [0.3, 0.4) is 0 Å². The molecular formula is C51H54ClF9N20O6. The van der Waals surface area contributed by atoms with Gasteiger partial charge in [0.15, 0.2) is 11.6 Å². The number of rotatable bonds is 12. The van der Waals surface area contributed by atoms with Gasteiger partial charge in [-0.15, -0.1) is 20.4 Å². The zero-order chi connectivity index (χ0) is 65.1. The van der Waals surface area contributed by atoms with E-state index < -0.39 is 53.0 Å². The normalized spacial score (nSPS) is 11.9. The molecule has 8 aromatic rings. The molecule has 26 nitrogen and oxygen atoms in total. The number of carbonyl (C=O) groups is 3. The van der Waals surface area contributed by atoms with Gasteiger partial charge in [0, 0.05) is 50.2 Å². The van der Waals surface area contributed by atoms with E-state index in [2.05, 4.69) is 71.4 Å². The highest BCUT2D eigenvalue weighted by molar-refractivity contribution is 6.61. The average molecular weight is 1250 g/mol. The van der Waals surface area contributed by atoms with Gasteiger partial charge in [-0.3, -0.25) is 30.5 Å². The van der Waals surface area contributed by atoms with Gasteiger partial charge in [-0.2, -0.15) is 39.5 Å². The summed E-state index contributed by atoms with van der Waals surface area (Å²) in [5.74, 6) is 1.61. The quantitative estimate of drug-likeness (QED) is 0.0126. The van der Waals surface area contributed by atoms with Gasteiger partial charge >= 0.3 is 30.0 Å². The van der Waals surface area contributed by atoms with Crippen molar-refractivity contribution >= 4 is 70.0 Å². The second kappa shape index (κ2) is 33.7. The van der Waals surface area contributed by atoms with Crippen LogP contribution in [0.5, 0.6) is 5.75 Å². The third kappa shape index (κ3) is 25.9. The van der Waals surface area contributed by atoms with Crippen molar-refractivity contribution < 1.29 is 63.6 Å². The van der Waals surface area contributed by atoms with Gasteiger partial charge in [0.1, 0.15) is 83.2 Å². The number of nitrogen functional groups attached to an aromatic ring is 3. The standard InChI is InChI=1S/C16H14F3N7O.C10H10F3N5.C10H14N4O.C7H4ClNO4.C5H6N2.C3H6F3N/c1-10(16(17,18)19)26-9-21-25-14(26)11-5-4-7-13(22-11)24-15(27)23-12-6-2-3-8-20-12;1-6(10(11,12)13)18-5-15-17-9(18)7-3-2-4-8(14)16-7;1-14(2)7-12-6-9(15)8-4-3-5-10(11)13-8;8-7(10)13-6-3-1-5(2-4-6)9(11)12;6-5-3-1-2-4-7-5;1-2(7)3(4,5)6/h2-10H,1H3,(H2,20,22,23,24,27);2-6H,1H3,(H2,14,16);3-5,7H,6H2,1-2H3,(H2,11,13);1-4H;1-4H,(H2,6,7);2H,7H2,1H3. The molecule has 0 aliphatic rings. The Balaban J connectivity index is 0.000000290. The summed E-state index contributed by atoms with van der Waals surface area (Å²) in [6.07, 6.45) is -6.28. The Morgan fingerprint density at radius 3 is 1.56 bits per heavy atom. The number of pyridine rings is 5. The number of nitro benzene ring substituents is 1. The molecule has 0 aliphatic carbocycles.